The number of aromatic nitrogens is 1. The fraction of sp³-hybridized carbons (Fsp3) is 0.517. The molecule has 0 aliphatic carbocycles. The van der Waals surface area contributed by atoms with Gasteiger partial charge in [0.15, 0.2) is 0 Å². The fourth-order valence-corrected chi connectivity index (χ4v) is 6.77. The van der Waals surface area contributed by atoms with Gasteiger partial charge in [-0.25, -0.2) is 18.2 Å². The number of carboxylic acid groups (broad SMARTS) is 1. The van der Waals surface area contributed by atoms with Crippen LogP contribution in [0.4, 0.5) is 5.82 Å². The van der Waals surface area contributed by atoms with E-state index >= 15 is 0 Å². The van der Waals surface area contributed by atoms with Crippen LogP contribution >= 0.6 is 0 Å². The molecule has 0 spiro atoms. The number of carbonyl (C=O) groups excluding carboxylic acids is 2. The van der Waals surface area contributed by atoms with Gasteiger partial charge in [0.05, 0.1) is 16.9 Å². The Balaban J connectivity index is 1.23. The molecule has 222 valence electrons. The molecule has 11 nitrogen and oxygen atoms in total. The van der Waals surface area contributed by atoms with E-state index in [0.29, 0.717) is 12.8 Å². The van der Waals surface area contributed by atoms with Gasteiger partial charge in [-0.1, -0.05) is 25.1 Å². The van der Waals surface area contributed by atoms with E-state index < -0.39 is 39.9 Å². The minimum Gasteiger partial charge on any atom is -0.480 e. The number of carboxylic acids is 1. The second kappa shape index (κ2) is 13.4. The number of amides is 2. The summed E-state index contributed by atoms with van der Waals surface area (Å²) in [5.41, 5.74) is 3.01. The largest absolute Gasteiger partial charge is 0.480 e. The average Bonchev–Trinajstić information content (AvgIpc) is 2.91. The van der Waals surface area contributed by atoms with Gasteiger partial charge in [-0.15, -0.1) is 0 Å². The zero-order chi connectivity index (χ0) is 29.6. The van der Waals surface area contributed by atoms with Gasteiger partial charge in [0.25, 0.3) is 0 Å². The van der Waals surface area contributed by atoms with E-state index in [1.54, 1.807) is 32.0 Å². The molecule has 4 N–H and O–H groups in total. The standard InChI is InChI=1S/C29H39N5O6S/c1-3-24(32-25(35)12-5-4-10-22-14-13-20-9-7-15-30-27(20)31-22)26(29(37)38)33-28(36)21-17-34(18-21)41(39,40)23-11-6-8-19(2)16-23/h6,8,11,13-14,16,21,24,26H,3-5,7,9-10,12,15,17-18H2,1-2H3,(H,30,31)(H,32,35)(H,33,36)(H,37,38)/t24?,26-/m0/s1. The summed E-state index contributed by atoms with van der Waals surface area (Å²) in [4.78, 5) is 42.3. The van der Waals surface area contributed by atoms with Gasteiger partial charge < -0.3 is 21.1 Å². The summed E-state index contributed by atoms with van der Waals surface area (Å²) in [5.74, 6) is -1.82. The molecule has 1 aromatic heterocycles. The first kappa shape index (κ1) is 30.4. The van der Waals surface area contributed by atoms with Gasteiger partial charge >= 0.3 is 5.97 Å². The Bertz CT molecular complexity index is 1380. The molecule has 2 aromatic rings. The third-order valence-corrected chi connectivity index (χ3v) is 9.46. The summed E-state index contributed by atoms with van der Waals surface area (Å²) in [6.07, 6.45) is 4.78. The Morgan fingerprint density at radius 2 is 1.93 bits per heavy atom. The number of anilines is 1. The number of sulfonamides is 1. The van der Waals surface area contributed by atoms with Crippen molar-refractivity contribution < 1.29 is 27.9 Å². The topological polar surface area (TPSA) is 158 Å². The van der Waals surface area contributed by atoms with Crippen LogP contribution in [-0.4, -0.2) is 72.3 Å². The lowest BCUT2D eigenvalue weighted by Gasteiger charge is -2.38. The molecule has 0 bridgehead atoms. The van der Waals surface area contributed by atoms with Gasteiger partial charge in [0.2, 0.25) is 21.8 Å². The van der Waals surface area contributed by atoms with Gasteiger partial charge in [-0.05, 0) is 74.8 Å². The normalized spacial score (nSPS) is 16.9. The summed E-state index contributed by atoms with van der Waals surface area (Å²) < 4.78 is 26.9. The molecule has 2 atom stereocenters. The zero-order valence-corrected chi connectivity index (χ0v) is 24.4. The summed E-state index contributed by atoms with van der Waals surface area (Å²) >= 11 is 0. The Morgan fingerprint density at radius 1 is 1.15 bits per heavy atom. The number of unbranched alkanes of at least 4 members (excludes halogenated alkanes) is 1. The van der Waals surface area contributed by atoms with Crippen LogP contribution in [0.1, 0.15) is 55.8 Å². The molecule has 2 aliphatic rings. The first-order valence-corrected chi connectivity index (χ1v) is 15.6. The van der Waals surface area contributed by atoms with Crippen LogP contribution in [0.5, 0.6) is 0 Å². The van der Waals surface area contributed by atoms with E-state index in [1.807, 2.05) is 6.07 Å². The quantitative estimate of drug-likeness (QED) is 0.261. The molecule has 3 heterocycles. The molecular formula is C29H39N5O6S. The highest BCUT2D eigenvalue weighted by Gasteiger charge is 2.42. The number of nitrogens with one attached hydrogen (secondary N) is 3. The predicted octanol–water partition coefficient (Wildman–Crippen LogP) is 2.25. The molecule has 2 amide bonds. The van der Waals surface area contributed by atoms with Gasteiger partial charge in [-0.3, -0.25) is 9.59 Å². The lowest BCUT2D eigenvalue weighted by molar-refractivity contribution is -0.144. The van der Waals surface area contributed by atoms with Crippen molar-refractivity contribution in [1.82, 2.24) is 19.9 Å². The fourth-order valence-electron chi connectivity index (χ4n) is 5.13. The molecule has 0 radical (unpaired) electrons. The Labute approximate surface area is 241 Å². The second-order valence-electron chi connectivity index (χ2n) is 10.8. The number of aryl methyl sites for hydroxylation is 3. The third kappa shape index (κ3) is 7.62. The second-order valence-corrected chi connectivity index (χ2v) is 12.7. The van der Waals surface area contributed by atoms with Crippen molar-refractivity contribution in [3.8, 4) is 0 Å². The number of aliphatic carboxylic acids is 1. The van der Waals surface area contributed by atoms with Crippen molar-refractivity contribution in [2.45, 2.75) is 75.8 Å². The Morgan fingerprint density at radius 3 is 2.63 bits per heavy atom. The molecular weight excluding hydrogens is 546 g/mol. The molecule has 41 heavy (non-hydrogen) atoms. The number of pyridine rings is 1. The smallest absolute Gasteiger partial charge is 0.328 e. The SMILES string of the molecule is CCC(NC(=O)CCCCc1ccc2c(n1)NCCC2)[C@H](NC(=O)C1CN(S(=O)(=O)c2cccc(C)c2)C1)C(=O)O. The number of hydrogen-bond acceptors (Lipinski definition) is 7. The third-order valence-electron chi connectivity index (χ3n) is 7.64. The van der Waals surface area contributed by atoms with E-state index in [0.717, 1.165) is 49.3 Å². The number of fused-ring (bicyclic) bond motifs is 1. The lowest BCUT2D eigenvalue weighted by Crippen LogP contribution is -2.61. The van der Waals surface area contributed by atoms with Crippen LogP contribution in [0.25, 0.3) is 0 Å². The molecule has 12 heteroatoms. The summed E-state index contributed by atoms with van der Waals surface area (Å²) in [6.45, 7) is 4.39. The number of benzene rings is 1. The first-order valence-electron chi connectivity index (χ1n) is 14.2. The minimum atomic E-state index is -3.73. The summed E-state index contributed by atoms with van der Waals surface area (Å²) in [6, 6.07) is 8.53. The molecule has 1 fully saturated rings. The van der Waals surface area contributed by atoms with E-state index in [2.05, 4.69) is 27.0 Å². The van der Waals surface area contributed by atoms with Gasteiger partial charge in [0, 0.05) is 31.7 Å². The maximum Gasteiger partial charge on any atom is 0.328 e. The molecule has 1 aromatic carbocycles. The number of hydrogen-bond donors (Lipinski definition) is 4. The van der Waals surface area contributed by atoms with E-state index in [1.165, 1.54) is 15.9 Å². The van der Waals surface area contributed by atoms with Crippen molar-refractivity contribution in [2.75, 3.05) is 25.0 Å². The van der Waals surface area contributed by atoms with Crippen LogP contribution in [0, 0.1) is 12.8 Å². The van der Waals surface area contributed by atoms with Gasteiger partial charge in [-0.2, -0.15) is 4.31 Å². The minimum absolute atomic E-state index is 0.0350. The lowest BCUT2D eigenvalue weighted by atomic mass is 9.99. The maximum absolute atomic E-state index is 12.8. The highest BCUT2D eigenvalue weighted by Crippen LogP contribution is 2.26. The van der Waals surface area contributed by atoms with Crippen molar-refractivity contribution >= 4 is 33.6 Å². The predicted molar refractivity (Wildman–Crippen MR) is 154 cm³/mol. The Kier molecular flexibility index (Phi) is 9.98. The average molecular weight is 586 g/mol. The van der Waals surface area contributed by atoms with E-state index in [9.17, 15) is 27.9 Å². The highest BCUT2D eigenvalue weighted by molar-refractivity contribution is 7.89. The number of nitrogens with zero attached hydrogens (tertiary/aromatic N) is 2. The molecule has 0 saturated carbocycles. The van der Waals surface area contributed by atoms with Crippen LogP contribution < -0.4 is 16.0 Å². The van der Waals surface area contributed by atoms with Crippen molar-refractivity contribution in [1.29, 1.82) is 0 Å². The monoisotopic (exact) mass is 585 g/mol. The zero-order valence-electron chi connectivity index (χ0n) is 23.6. The van der Waals surface area contributed by atoms with Crippen LogP contribution in [0.15, 0.2) is 41.3 Å². The van der Waals surface area contributed by atoms with E-state index in [4.69, 9.17) is 0 Å². The van der Waals surface area contributed by atoms with Crippen LogP contribution in [-0.2, 0) is 37.2 Å². The van der Waals surface area contributed by atoms with Crippen LogP contribution in [0.2, 0.25) is 0 Å². The molecule has 1 saturated heterocycles. The Hall–Kier alpha value is -3.51. The van der Waals surface area contributed by atoms with Gasteiger partial charge in [0.1, 0.15) is 11.9 Å². The van der Waals surface area contributed by atoms with Crippen molar-refractivity contribution in [3.05, 3.63) is 53.2 Å². The van der Waals surface area contributed by atoms with Crippen molar-refractivity contribution in [3.63, 3.8) is 0 Å². The number of carbonyl (C=O) groups is 3. The first-order chi connectivity index (χ1) is 19.6. The maximum atomic E-state index is 12.8. The number of rotatable bonds is 13. The molecule has 1 unspecified atom stereocenters. The summed E-state index contributed by atoms with van der Waals surface area (Å²) in [7, 11) is -3.73. The highest BCUT2D eigenvalue weighted by atomic mass is 32.2. The van der Waals surface area contributed by atoms with Crippen LogP contribution in [0.3, 0.4) is 0 Å². The molecule has 4 rings (SSSR count). The summed E-state index contributed by atoms with van der Waals surface area (Å²) in [5, 5.41) is 18.4. The van der Waals surface area contributed by atoms with Crippen molar-refractivity contribution in [2.24, 2.45) is 5.92 Å². The molecule has 2 aliphatic heterocycles. The van der Waals surface area contributed by atoms with E-state index in [-0.39, 0.29) is 30.3 Å².